The number of aryl methyl sites for hydroxylation is 1. The molecule has 3 rings (SSSR count). The first kappa shape index (κ1) is 20.6. The summed E-state index contributed by atoms with van der Waals surface area (Å²) in [7, 11) is 0. The average Bonchev–Trinajstić information content (AvgIpc) is 2.72. The Morgan fingerprint density at radius 3 is 2.66 bits per heavy atom. The largest absolute Gasteiger partial charge is 0.490 e. The first-order valence-corrected chi connectivity index (χ1v) is 9.84. The number of hydrogen-bond acceptors (Lipinski definition) is 6. The van der Waals surface area contributed by atoms with Gasteiger partial charge in [-0.15, -0.1) is 0 Å². The summed E-state index contributed by atoms with van der Waals surface area (Å²) in [6, 6.07) is 12.1. The van der Waals surface area contributed by atoms with Crippen LogP contribution in [0.5, 0.6) is 5.75 Å². The maximum absolute atomic E-state index is 12.3. The highest BCUT2D eigenvalue weighted by Crippen LogP contribution is 2.32. The summed E-state index contributed by atoms with van der Waals surface area (Å²) in [6.45, 7) is 5.96. The second kappa shape index (κ2) is 9.41. The topological polar surface area (TPSA) is 81.9 Å². The lowest BCUT2D eigenvalue weighted by atomic mass is 9.99. The van der Waals surface area contributed by atoms with Crippen molar-refractivity contribution in [2.24, 2.45) is 5.92 Å². The first-order valence-electron chi connectivity index (χ1n) is 9.84. The Labute approximate surface area is 170 Å². The summed E-state index contributed by atoms with van der Waals surface area (Å²) in [6.07, 6.45) is 2.13. The highest BCUT2D eigenvalue weighted by atomic mass is 16.6. The number of carbonyl (C=O) groups is 1. The molecule has 0 N–H and O–H groups in total. The summed E-state index contributed by atoms with van der Waals surface area (Å²) in [4.78, 5) is 25.5. The number of rotatable bonds is 7. The van der Waals surface area contributed by atoms with Crippen LogP contribution in [0.2, 0.25) is 0 Å². The van der Waals surface area contributed by atoms with Crippen LogP contribution in [0.3, 0.4) is 0 Å². The van der Waals surface area contributed by atoms with Crippen molar-refractivity contribution in [3.8, 4) is 5.75 Å². The second-order valence-electron chi connectivity index (χ2n) is 7.45. The van der Waals surface area contributed by atoms with Gasteiger partial charge < -0.3 is 14.4 Å². The molecule has 0 bridgehead atoms. The zero-order chi connectivity index (χ0) is 20.8. The van der Waals surface area contributed by atoms with E-state index in [0.29, 0.717) is 17.4 Å². The fourth-order valence-corrected chi connectivity index (χ4v) is 3.48. The number of ether oxygens (including phenoxy) is 2. The van der Waals surface area contributed by atoms with Gasteiger partial charge in [-0.3, -0.25) is 10.1 Å². The SMILES string of the molecule is Cc1ccc(OCCOC(=O)c2ccc(N3CCCC(C)C3)c([N+](=O)[O-])c2)cc1. The van der Waals surface area contributed by atoms with Crippen molar-refractivity contribution >= 4 is 17.3 Å². The predicted molar refractivity (Wildman–Crippen MR) is 111 cm³/mol. The Morgan fingerprint density at radius 1 is 1.21 bits per heavy atom. The fraction of sp³-hybridized carbons (Fsp3) is 0.409. The Balaban J connectivity index is 1.60. The summed E-state index contributed by atoms with van der Waals surface area (Å²) >= 11 is 0. The van der Waals surface area contributed by atoms with Crippen LogP contribution in [-0.2, 0) is 4.74 Å². The standard InChI is InChI=1S/C22H26N2O5/c1-16-5-8-19(9-6-16)28-12-13-29-22(25)18-7-10-20(21(14-18)24(26)27)23-11-3-4-17(2)15-23/h5-10,14,17H,3-4,11-13,15H2,1-2H3. The molecule has 154 valence electrons. The summed E-state index contributed by atoms with van der Waals surface area (Å²) < 4.78 is 10.7. The van der Waals surface area contributed by atoms with E-state index in [9.17, 15) is 14.9 Å². The molecule has 2 aromatic carbocycles. The van der Waals surface area contributed by atoms with Gasteiger partial charge in [-0.25, -0.2) is 4.79 Å². The zero-order valence-corrected chi connectivity index (χ0v) is 16.8. The average molecular weight is 398 g/mol. The third kappa shape index (κ3) is 5.47. The molecule has 0 spiro atoms. The maximum atomic E-state index is 12.3. The Morgan fingerprint density at radius 2 is 1.97 bits per heavy atom. The van der Waals surface area contributed by atoms with Crippen LogP contribution in [-0.4, -0.2) is 37.2 Å². The monoisotopic (exact) mass is 398 g/mol. The molecule has 0 aliphatic carbocycles. The van der Waals surface area contributed by atoms with Gasteiger partial charge in [0.2, 0.25) is 0 Å². The number of hydrogen-bond donors (Lipinski definition) is 0. The number of esters is 1. The molecule has 7 nitrogen and oxygen atoms in total. The third-order valence-corrected chi connectivity index (χ3v) is 5.01. The third-order valence-electron chi connectivity index (χ3n) is 5.01. The molecule has 0 amide bonds. The van der Waals surface area contributed by atoms with E-state index in [1.165, 1.54) is 6.07 Å². The zero-order valence-electron chi connectivity index (χ0n) is 16.8. The van der Waals surface area contributed by atoms with Crippen molar-refractivity contribution in [3.05, 3.63) is 63.7 Å². The van der Waals surface area contributed by atoms with Crippen LogP contribution in [0.1, 0.15) is 35.7 Å². The molecule has 1 unspecified atom stereocenters. The number of nitro groups is 1. The summed E-state index contributed by atoms with van der Waals surface area (Å²) in [5.74, 6) is 0.586. The van der Waals surface area contributed by atoms with E-state index in [-0.39, 0.29) is 24.5 Å². The molecule has 1 aliphatic heterocycles. The number of nitro benzene ring substituents is 1. The van der Waals surface area contributed by atoms with Crippen LogP contribution in [0.25, 0.3) is 0 Å². The Bertz CT molecular complexity index is 866. The minimum atomic E-state index is -0.598. The second-order valence-corrected chi connectivity index (χ2v) is 7.45. The van der Waals surface area contributed by atoms with Crippen molar-refractivity contribution in [2.75, 3.05) is 31.2 Å². The first-order chi connectivity index (χ1) is 13.9. The van der Waals surface area contributed by atoms with Gasteiger partial charge in [0.15, 0.2) is 0 Å². The molecule has 7 heteroatoms. The summed E-state index contributed by atoms with van der Waals surface area (Å²) in [5.41, 5.74) is 1.79. The van der Waals surface area contributed by atoms with Gasteiger partial charge in [0.1, 0.15) is 24.7 Å². The van der Waals surface area contributed by atoms with E-state index in [1.807, 2.05) is 36.1 Å². The van der Waals surface area contributed by atoms with Crippen LogP contribution in [0.15, 0.2) is 42.5 Å². The van der Waals surface area contributed by atoms with E-state index in [1.54, 1.807) is 12.1 Å². The van der Waals surface area contributed by atoms with E-state index in [0.717, 1.165) is 31.5 Å². The number of piperidine rings is 1. The maximum Gasteiger partial charge on any atom is 0.338 e. The number of nitrogens with zero attached hydrogens (tertiary/aromatic N) is 2. The summed E-state index contributed by atoms with van der Waals surface area (Å²) in [5, 5.41) is 11.6. The molecule has 1 aliphatic rings. The fourth-order valence-electron chi connectivity index (χ4n) is 3.48. The van der Waals surface area contributed by atoms with E-state index in [2.05, 4.69) is 6.92 Å². The minimum Gasteiger partial charge on any atom is -0.490 e. The van der Waals surface area contributed by atoms with Gasteiger partial charge in [-0.05, 0) is 49.9 Å². The van der Waals surface area contributed by atoms with Gasteiger partial charge in [-0.2, -0.15) is 0 Å². The van der Waals surface area contributed by atoms with Crippen molar-refractivity contribution in [2.45, 2.75) is 26.7 Å². The van der Waals surface area contributed by atoms with Crippen LogP contribution in [0, 0.1) is 23.0 Å². The van der Waals surface area contributed by atoms with Crippen molar-refractivity contribution < 1.29 is 19.2 Å². The lowest BCUT2D eigenvalue weighted by Crippen LogP contribution is -2.34. The molecule has 1 fully saturated rings. The highest BCUT2D eigenvalue weighted by Gasteiger charge is 2.25. The van der Waals surface area contributed by atoms with Crippen molar-refractivity contribution in [1.29, 1.82) is 0 Å². The normalized spacial score (nSPS) is 16.3. The van der Waals surface area contributed by atoms with Crippen LogP contribution in [0.4, 0.5) is 11.4 Å². The van der Waals surface area contributed by atoms with Gasteiger partial charge in [0.05, 0.1) is 10.5 Å². The number of carbonyl (C=O) groups excluding carboxylic acids is 1. The van der Waals surface area contributed by atoms with E-state index < -0.39 is 10.9 Å². The smallest absolute Gasteiger partial charge is 0.338 e. The molecule has 29 heavy (non-hydrogen) atoms. The van der Waals surface area contributed by atoms with Gasteiger partial charge in [0, 0.05) is 19.2 Å². The molecule has 0 radical (unpaired) electrons. The molecule has 1 saturated heterocycles. The van der Waals surface area contributed by atoms with Crippen LogP contribution >= 0.6 is 0 Å². The van der Waals surface area contributed by atoms with Crippen LogP contribution < -0.4 is 9.64 Å². The van der Waals surface area contributed by atoms with Crippen molar-refractivity contribution in [1.82, 2.24) is 0 Å². The van der Waals surface area contributed by atoms with Crippen molar-refractivity contribution in [3.63, 3.8) is 0 Å². The predicted octanol–water partition coefficient (Wildman–Crippen LogP) is 4.38. The molecule has 1 atom stereocenters. The Hall–Kier alpha value is -3.09. The molecular weight excluding hydrogens is 372 g/mol. The highest BCUT2D eigenvalue weighted by molar-refractivity contribution is 5.91. The Kier molecular flexibility index (Phi) is 6.69. The van der Waals surface area contributed by atoms with E-state index in [4.69, 9.17) is 9.47 Å². The lowest BCUT2D eigenvalue weighted by Gasteiger charge is -2.32. The van der Waals surface area contributed by atoms with Gasteiger partial charge >= 0.3 is 5.97 Å². The number of benzene rings is 2. The van der Waals surface area contributed by atoms with E-state index >= 15 is 0 Å². The molecular formula is C22H26N2O5. The molecule has 2 aromatic rings. The molecule has 0 aromatic heterocycles. The molecule has 1 heterocycles. The van der Waals surface area contributed by atoms with Gasteiger partial charge in [-0.1, -0.05) is 24.6 Å². The molecule has 0 saturated carbocycles. The number of anilines is 1. The van der Waals surface area contributed by atoms with Gasteiger partial charge in [0.25, 0.3) is 5.69 Å². The quantitative estimate of drug-likeness (QED) is 0.298. The minimum absolute atomic E-state index is 0.0614. The lowest BCUT2D eigenvalue weighted by molar-refractivity contribution is -0.384.